The molecule has 166 valence electrons. The zero-order valence-corrected chi connectivity index (χ0v) is 19.0. The average Bonchev–Trinajstić information content (AvgIpc) is 3.31. The Hall–Kier alpha value is -2.58. The number of aryl methyl sites for hydroxylation is 1. The van der Waals surface area contributed by atoms with Crippen molar-refractivity contribution >= 4 is 27.4 Å². The van der Waals surface area contributed by atoms with E-state index in [4.69, 9.17) is 0 Å². The minimum Gasteiger partial charge on any atom is -0.369 e. The topological polar surface area (TPSA) is 73.0 Å². The lowest BCUT2D eigenvalue weighted by Gasteiger charge is -2.36. The van der Waals surface area contributed by atoms with Crippen LogP contribution in [0.25, 0.3) is 0 Å². The molecule has 2 saturated heterocycles. The smallest absolute Gasteiger partial charge is 0.321 e. The van der Waals surface area contributed by atoms with Crippen LogP contribution in [0.4, 0.5) is 16.2 Å². The second-order valence-corrected chi connectivity index (χ2v) is 10.2. The van der Waals surface area contributed by atoms with Crippen LogP contribution >= 0.6 is 0 Å². The number of carbonyl (C=O) groups is 1. The Kier molecular flexibility index (Phi) is 6.20. The van der Waals surface area contributed by atoms with E-state index < -0.39 is 10.0 Å². The molecule has 8 heteroatoms. The summed E-state index contributed by atoms with van der Waals surface area (Å²) >= 11 is 0. The van der Waals surface area contributed by atoms with Gasteiger partial charge < -0.3 is 15.1 Å². The molecule has 0 atom stereocenters. The van der Waals surface area contributed by atoms with Crippen molar-refractivity contribution in [3.05, 3.63) is 53.6 Å². The Morgan fingerprint density at radius 2 is 1.52 bits per heavy atom. The highest BCUT2D eigenvalue weighted by Crippen LogP contribution is 2.26. The van der Waals surface area contributed by atoms with Gasteiger partial charge in [-0.2, -0.15) is 4.31 Å². The van der Waals surface area contributed by atoms with Crippen LogP contribution in [0.2, 0.25) is 0 Å². The molecule has 1 N–H and O–H groups in total. The highest BCUT2D eigenvalue weighted by molar-refractivity contribution is 7.89. The SMILES string of the molecule is Cc1cccc(N2CCN(S(=O)(=O)c3ccc(NC(=O)N4CCCC4)cc3)CC2)c1C. The molecular formula is C23H30N4O3S. The molecule has 2 aromatic carbocycles. The molecule has 0 aromatic heterocycles. The summed E-state index contributed by atoms with van der Waals surface area (Å²) in [6.45, 7) is 7.96. The summed E-state index contributed by atoms with van der Waals surface area (Å²) in [7, 11) is -3.56. The van der Waals surface area contributed by atoms with E-state index in [-0.39, 0.29) is 10.9 Å². The lowest BCUT2D eigenvalue weighted by molar-refractivity contribution is 0.222. The number of rotatable bonds is 4. The third kappa shape index (κ3) is 4.55. The van der Waals surface area contributed by atoms with Crippen molar-refractivity contribution < 1.29 is 13.2 Å². The number of anilines is 2. The molecule has 0 saturated carbocycles. The number of benzene rings is 2. The van der Waals surface area contributed by atoms with Crippen molar-refractivity contribution in [3.63, 3.8) is 0 Å². The fourth-order valence-corrected chi connectivity index (χ4v) is 5.65. The van der Waals surface area contributed by atoms with Crippen LogP contribution in [-0.2, 0) is 10.0 Å². The number of hydrogen-bond donors (Lipinski definition) is 1. The molecule has 4 rings (SSSR count). The van der Waals surface area contributed by atoms with E-state index in [0.29, 0.717) is 31.9 Å². The number of carbonyl (C=O) groups excluding carboxylic acids is 1. The number of nitrogens with zero attached hydrogens (tertiary/aromatic N) is 3. The lowest BCUT2D eigenvalue weighted by Crippen LogP contribution is -2.48. The Labute approximate surface area is 184 Å². The standard InChI is InChI=1S/C23H30N4O3S/c1-18-6-5-7-22(19(18)2)25-14-16-27(17-15-25)31(29,30)21-10-8-20(9-11-21)24-23(28)26-12-3-4-13-26/h5-11H,3-4,12-17H2,1-2H3,(H,24,28). The molecule has 2 aromatic rings. The van der Waals surface area contributed by atoms with E-state index in [1.807, 2.05) is 6.07 Å². The van der Waals surface area contributed by atoms with Crippen LogP contribution in [0.15, 0.2) is 47.4 Å². The third-order valence-electron chi connectivity index (χ3n) is 6.29. The Balaban J connectivity index is 1.39. The number of piperazine rings is 1. The first-order valence-electron chi connectivity index (χ1n) is 10.8. The molecule has 0 bridgehead atoms. The summed E-state index contributed by atoms with van der Waals surface area (Å²) in [4.78, 5) is 16.5. The number of amides is 2. The monoisotopic (exact) mass is 442 g/mol. The van der Waals surface area contributed by atoms with Crippen LogP contribution in [-0.4, -0.2) is 62.9 Å². The van der Waals surface area contributed by atoms with Gasteiger partial charge in [0, 0.05) is 50.6 Å². The minimum absolute atomic E-state index is 0.129. The van der Waals surface area contributed by atoms with E-state index in [1.54, 1.807) is 33.5 Å². The maximum Gasteiger partial charge on any atom is 0.321 e. The molecule has 31 heavy (non-hydrogen) atoms. The first kappa shape index (κ1) is 21.6. The predicted molar refractivity (Wildman–Crippen MR) is 123 cm³/mol. The molecule has 2 fully saturated rings. The maximum atomic E-state index is 13.1. The molecule has 7 nitrogen and oxygen atoms in total. The highest BCUT2D eigenvalue weighted by Gasteiger charge is 2.29. The number of sulfonamides is 1. The summed E-state index contributed by atoms with van der Waals surface area (Å²) in [6, 6.07) is 12.6. The van der Waals surface area contributed by atoms with Gasteiger partial charge in [-0.1, -0.05) is 12.1 Å². The van der Waals surface area contributed by atoms with Crippen molar-refractivity contribution in [1.82, 2.24) is 9.21 Å². The van der Waals surface area contributed by atoms with Gasteiger partial charge >= 0.3 is 6.03 Å². The Morgan fingerprint density at radius 3 is 2.16 bits per heavy atom. The molecule has 0 radical (unpaired) electrons. The first-order chi connectivity index (χ1) is 14.9. The third-order valence-corrected chi connectivity index (χ3v) is 8.20. The van der Waals surface area contributed by atoms with Crippen molar-refractivity contribution in [2.24, 2.45) is 0 Å². The van der Waals surface area contributed by atoms with Gasteiger partial charge in [-0.05, 0) is 68.1 Å². The van der Waals surface area contributed by atoms with Crippen LogP contribution in [0.1, 0.15) is 24.0 Å². The van der Waals surface area contributed by atoms with Crippen LogP contribution in [0.3, 0.4) is 0 Å². The molecule has 2 aliphatic heterocycles. The van der Waals surface area contributed by atoms with Gasteiger partial charge in [0.05, 0.1) is 4.90 Å². The van der Waals surface area contributed by atoms with Gasteiger partial charge in [-0.3, -0.25) is 0 Å². The molecule has 2 amide bonds. The van der Waals surface area contributed by atoms with Crippen LogP contribution in [0, 0.1) is 13.8 Å². The van der Waals surface area contributed by atoms with Crippen molar-refractivity contribution in [2.75, 3.05) is 49.5 Å². The molecule has 0 spiro atoms. The summed E-state index contributed by atoms with van der Waals surface area (Å²) in [5.41, 5.74) is 4.26. The molecular weight excluding hydrogens is 412 g/mol. The van der Waals surface area contributed by atoms with E-state index >= 15 is 0 Å². The fourth-order valence-electron chi connectivity index (χ4n) is 4.23. The zero-order chi connectivity index (χ0) is 22.0. The van der Waals surface area contributed by atoms with E-state index in [0.717, 1.165) is 25.9 Å². The quantitative estimate of drug-likeness (QED) is 0.787. The van der Waals surface area contributed by atoms with Gasteiger partial charge in [0.1, 0.15) is 0 Å². The molecule has 2 heterocycles. The molecule has 2 aliphatic rings. The minimum atomic E-state index is -3.56. The van der Waals surface area contributed by atoms with Crippen LogP contribution in [0.5, 0.6) is 0 Å². The van der Waals surface area contributed by atoms with Gasteiger partial charge in [-0.25, -0.2) is 13.2 Å². The predicted octanol–water partition coefficient (Wildman–Crippen LogP) is 3.44. The van der Waals surface area contributed by atoms with Gasteiger partial charge in [0.15, 0.2) is 0 Å². The first-order valence-corrected chi connectivity index (χ1v) is 12.3. The van der Waals surface area contributed by atoms with Gasteiger partial charge in [0.25, 0.3) is 0 Å². The fraction of sp³-hybridized carbons (Fsp3) is 0.435. The van der Waals surface area contributed by atoms with E-state index in [2.05, 4.69) is 36.2 Å². The van der Waals surface area contributed by atoms with Crippen molar-refractivity contribution in [3.8, 4) is 0 Å². The second-order valence-electron chi connectivity index (χ2n) is 8.26. The summed E-state index contributed by atoms with van der Waals surface area (Å²) in [6.07, 6.45) is 2.06. The lowest BCUT2D eigenvalue weighted by atomic mass is 10.1. The maximum absolute atomic E-state index is 13.1. The van der Waals surface area contributed by atoms with Gasteiger partial charge in [-0.15, -0.1) is 0 Å². The molecule has 0 unspecified atom stereocenters. The normalized spacial score (nSPS) is 17.7. The number of hydrogen-bond acceptors (Lipinski definition) is 4. The highest BCUT2D eigenvalue weighted by atomic mass is 32.2. The summed E-state index contributed by atoms with van der Waals surface area (Å²) in [5, 5.41) is 2.85. The van der Waals surface area contributed by atoms with Gasteiger partial charge in [0.2, 0.25) is 10.0 Å². The number of urea groups is 1. The summed E-state index contributed by atoms with van der Waals surface area (Å²) in [5.74, 6) is 0. The second kappa shape index (κ2) is 8.88. The average molecular weight is 443 g/mol. The molecule has 0 aliphatic carbocycles. The van der Waals surface area contributed by atoms with Crippen LogP contribution < -0.4 is 10.2 Å². The zero-order valence-electron chi connectivity index (χ0n) is 18.2. The van der Waals surface area contributed by atoms with E-state index in [9.17, 15) is 13.2 Å². The van der Waals surface area contributed by atoms with Crippen molar-refractivity contribution in [2.45, 2.75) is 31.6 Å². The van der Waals surface area contributed by atoms with E-state index in [1.165, 1.54) is 16.8 Å². The van der Waals surface area contributed by atoms with Crippen molar-refractivity contribution in [1.29, 1.82) is 0 Å². The Bertz CT molecular complexity index is 1040. The largest absolute Gasteiger partial charge is 0.369 e. The number of likely N-dealkylation sites (tertiary alicyclic amines) is 1. The number of nitrogens with one attached hydrogen (secondary N) is 1. The Morgan fingerprint density at radius 1 is 0.871 bits per heavy atom. The summed E-state index contributed by atoms with van der Waals surface area (Å²) < 4.78 is 27.8.